The van der Waals surface area contributed by atoms with Crippen LogP contribution >= 0.6 is 0 Å². The van der Waals surface area contributed by atoms with E-state index in [1.165, 1.54) is 31.7 Å². The minimum atomic E-state index is -0.297. The van der Waals surface area contributed by atoms with Gasteiger partial charge in [0.2, 0.25) is 5.91 Å². The summed E-state index contributed by atoms with van der Waals surface area (Å²) in [7, 11) is 2.14. The maximum Gasteiger partial charge on any atom is 0.224 e. The zero-order valence-electron chi connectivity index (χ0n) is 20.4. The number of ether oxygens (including phenoxy) is 1. The van der Waals surface area contributed by atoms with Crippen molar-refractivity contribution in [2.45, 2.75) is 38.5 Å². The van der Waals surface area contributed by atoms with E-state index in [1.807, 2.05) is 30.3 Å². The normalized spacial score (nSPS) is 17.7. The highest BCUT2D eigenvalue weighted by molar-refractivity contribution is 5.78. The Morgan fingerprint density at radius 3 is 2.50 bits per heavy atom. The van der Waals surface area contributed by atoms with Crippen LogP contribution in [0.3, 0.4) is 0 Å². The topological polar surface area (TPSA) is 44.8 Å². The van der Waals surface area contributed by atoms with Crippen LogP contribution < -0.4 is 10.1 Å². The van der Waals surface area contributed by atoms with Crippen LogP contribution in [-0.4, -0.2) is 68.6 Å². The fraction of sp³-hybridized carbons (Fsp3) is 0.536. The zero-order valence-corrected chi connectivity index (χ0v) is 20.4. The highest BCUT2D eigenvalue weighted by Gasteiger charge is 2.15. The fourth-order valence-corrected chi connectivity index (χ4v) is 4.95. The van der Waals surface area contributed by atoms with E-state index in [9.17, 15) is 9.18 Å². The van der Waals surface area contributed by atoms with Crippen molar-refractivity contribution in [1.82, 2.24) is 15.1 Å². The van der Waals surface area contributed by atoms with Gasteiger partial charge in [0, 0.05) is 50.9 Å². The number of amides is 1. The van der Waals surface area contributed by atoms with Gasteiger partial charge in [0.15, 0.2) is 0 Å². The maximum atomic E-state index is 14.8. The van der Waals surface area contributed by atoms with Gasteiger partial charge in [-0.15, -0.1) is 0 Å². The Bertz CT molecular complexity index is 920. The third-order valence-corrected chi connectivity index (χ3v) is 7.19. The number of rotatable bonds is 10. The molecule has 0 atom stereocenters. The average Bonchev–Trinajstić information content (AvgIpc) is 3.35. The summed E-state index contributed by atoms with van der Waals surface area (Å²) in [4.78, 5) is 16.9. The lowest BCUT2D eigenvalue weighted by Gasteiger charge is -2.32. The summed E-state index contributed by atoms with van der Waals surface area (Å²) >= 11 is 0. The minimum absolute atomic E-state index is 0.0509. The molecule has 0 aromatic heterocycles. The quantitative estimate of drug-likeness (QED) is 0.564. The third kappa shape index (κ3) is 7.28. The van der Waals surface area contributed by atoms with Crippen LogP contribution in [0.2, 0.25) is 0 Å². The molecule has 1 saturated heterocycles. The molecule has 1 saturated carbocycles. The van der Waals surface area contributed by atoms with Gasteiger partial charge < -0.3 is 15.0 Å². The van der Waals surface area contributed by atoms with Crippen molar-refractivity contribution in [2.75, 3.05) is 52.9 Å². The van der Waals surface area contributed by atoms with Crippen LogP contribution in [0.1, 0.15) is 37.7 Å². The Morgan fingerprint density at radius 2 is 1.79 bits per heavy atom. The lowest BCUT2D eigenvalue weighted by molar-refractivity contribution is -0.120. The van der Waals surface area contributed by atoms with E-state index in [2.05, 4.69) is 22.2 Å². The lowest BCUT2D eigenvalue weighted by atomic mass is 10.0. The molecule has 34 heavy (non-hydrogen) atoms. The van der Waals surface area contributed by atoms with Crippen LogP contribution in [0.5, 0.6) is 5.75 Å². The van der Waals surface area contributed by atoms with Gasteiger partial charge in [0.05, 0.1) is 6.42 Å². The van der Waals surface area contributed by atoms with Gasteiger partial charge in [-0.05, 0) is 42.6 Å². The monoisotopic (exact) mass is 467 g/mol. The SMILES string of the molecule is CN1CCN(CCOc2ccc(-c3ccc(CC(=O)NCCC4CCCC4)cc3)c(F)c2)CC1. The van der Waals surface area contributed by atoms with Crippen molar-refractivity contribution in [3.63, 3.8) is 0 Å². The second kappa shape index (κ2) is 12.3. The first-order valence-corrected chi connectivity index (χ1v) is 12.8. The van der Waals surface area contributed by atoms with Gasteiger partial charge in [-0.1, -0.05) is 49.9 Å². The van der Waals surface area contributed by atoms with E-state index in [4.69, 9.17) is 4.74 Å². The minimum Gasteiger partial charge on any atom is -0.492 e. The van der Waals surface area contributed by atoms with E-state index in [0.717, 1.165) is 62.7 Å². The van der Waals surface area contributed by atoms with Gasteiger partial charge in [-0.2, -0.15) is 0 Å². The van der Waals surface area contributed by atoms with Crippen LogP contribution in [0.15, 0.2) is 42.5 Å². The average molecular weight is 468 g/mol. The van der Waals surface area contributed by atoms with E-state index in [-0.39, 0.29) is 11.7 Å². The number of nitrogens with zero attached hydrogens (tertiary/aromatic N) is 2. The molecule has 1 heterocycles. The van der Waals surface area contributed by atoms with Gasteiger partial charge in [0.25, 0.3) is 0 Å². The molecule has 1 N–H and O–H groups in total. The van der Waals surface area contributed by atoms with Crippen LogP contribution in [0.25, 0.3) is 11.1 Å². The number of carbonyl (C=O) groups is 1. The zero-order chi connectivity index (χ0) is 23.8. The summed E-state index contributed by atoms with van der Waals surface area (Å²) in [6.45, 7) is 6.42. The van der Waals surface area contributed by atoms with Gasteiger partial charge >= 0.3 is 0 Å². The highest BCUT2D eigenvalue weighted by atomic mass is 19.1. The van der Waals surface area contributed by atoms with Crippen molar-refractivity contribution in [1.29, 1.82) is 0 Å². The van der Waals surface area contributed by atoms with Crippen LogP contribution in [0, 0.1) is 11.7 Å². The van der Waals surface area contributed by atoms with Crippen molar-refractivity contribution in [3.8, 4) is 16.9 Å². The Labute approximate surface area is 203 Å². The molecule has 4 rings (SSSR count). The molecular weight excluding hydrogens is 429 g/mol. The molecule has 2 fully saturated rings. The number of nitrogens with one attached hydrogen (secondary N) is 1. The Hall–Kier alpha value is -2.44. The van der Waals surface area contributed by atoms with Gasteiger partial charge in [-0.25, -0.2) is 4.39 Å². The Morgan fingerprint density at radius 1 is 1.06 bits per heavy atom. The number of carbonyl (C=O) groups excluding carboxylic acids is 1. The van der Waals surface area contributed by atoms with Crippen molar-refractivity contribution in [3.05, 3.63) is 53.8 Å². The number of halogens is 1. The van der Waals surface area contributed by atoms with Crippen molar-refractivity contribution >= 4 is 5.91 Å². The smallest absolute Gasteiger partial charge is 0.224 e. The van der Waals surface area contributed by atoms with E-state index >= 15 is 0 Å². The first-order valence-electron chi connectivity index (χ1n) is 12.8. The fourth-order valence-electron chi connectivity index (χ4n) is 4.95. The van der Waals surface area contributed by atoms with Gasteiger partial charge in [-0.3, -0.25) is 9.69 Å². The predicted molar refractivity (Wildman–Crippen MR) is 135 cm³/mol. The summed E-state index contributed by atoms with van der Waals surface area (Å²) in [5.41, 5.74) is 2.28. The second-order valence-electron chi connectivity index (χ2n) is 9.80. The molecule has 0 unspecified atom stereocenters. The summed E-state index contributed by atoms with van der Waals surface area (Å²) in [5.74, 6) is 1.09. The number of hydrogen-bond donors (Lipinski definition) is 1. The summed E-state index contributed by atoms with van der Waals surface area (Å²) in [5, 5.41) is 3.04. The molecule has 0 bridgehead atoms. The number of hydrogen-bond acceptors (Lipinski definition) is 4. The molecule has 1 aliphatic carbocycles. The Balaban J connectivity index is 1.22. The third-order valence-electron chi connectivity index (χ3n) is 7.19. The first-order chi connectivity index (χ1) is 16.6. The molecule has 5 nitrogen and oxygen atoms in total. The second-order valence-corrected chi connectivity index (χ2v) is 9.80. The highest BCUT2D eigenvalue weighted by Crippen LogP contribution is 2.28. The molecular formula is C28H38FN3O2. The number of likely N-dealkylation sites (N-methyl/N-ethyl adjacent to an activating group) is 1. The van der Waals surface area contributed by atoms with E-state index in [1.54, 1.807) is 6.07 Å². The molecule has 0 spiro atoms. The van der Waals surface area contributed by atoms with E-state index < -0.39 is 0 Å². The number of benzene rings is 2. The Kier molecular flexibility index (Phi) is 8.94. The first kappa shape index (κ1) is 24.7. The van der Waals surface area contributed by atoms with Gasteiger partial charge in [0.1, 0.15) is 18.2 Å². The number of piperazine rings is 1. The summed E-state index contributed by atoms with van der Waals surface area (Å²) in [6.07, 6.45) is 6.71. The molecule has 0 radical (unpaired) electrons. The summed E-state index contributed by atoms with van der Waals surface area (Å²) in [6, 6.07) is 12.6. The largest absolute Gasteiger partial charge is 0.492 e. The standard InChI is InChI=1S/C28H38FN3O2/c1-31-14-16-32(17-15-31)18-19-34-25-10-11-26(27(29)21-25)24-8-6-23(7-9-24)20-28(33)30-13-12-22-4-2-3-5-22/h6-11,21-22H,2-5,12-20H2,1H3,(H,30,33). The van der Waals surface area contributed by atoms with Crippen molar-refractivity contribution < 1.29 is 13.9 Å². The molecule has 2 aromatic rings. The summed E-state index contributed by atoms with van der Waals surface area (Å²) < 4.78 is 20.6. The maximum absolute atomic E-state index is 14.8. The molecule has 6 heteroatoms. The molecule has 184 valence electrons. The molecule has 1 aliphatic heterocycles. The lowest BCUT2D eigenvalue weighted by Crippen LogP contribution is -2.45. The van der Waals surface area contributed by atoms with Crippen molar-refractivity contribution in [2.24, 2.45) is 5.92 Å². The van der Waals surface area contributed by atoms with E-state index in [0.29, 0.717) is 24.3 Å². The molecule has 2 aromatic carbocycles. The predicted octanol–water partition coefficient (Wildman–Crippen LogP) is 4.36. The van der Waals surface area contributed by atoms with Crippen LogP contribution in [-0.2, 0) is 11.2 Å². The molecule has 2 aliphatic rings. The molecule has 1 amide bonds. The van der Waals surface area contributed by atoms with Crippen LogP contribution in [0.4, 0.5) is 4.39 Å².